The van der Waals surface area contributed by atoms with Gasteiger partial charge in [0.1, 0.15) is 0 Å². The SMILES string of the molecule is CC(CC(=O)O)NC(=O)CNC(=O)c1ccc(Cl)cc1. The van der Waals surface area contributed by atoms with E-state index in [0.29, 0.717) is 10.6 Å². The van der Waals surface area contributed by atoms with Gasteiger partial charge in [-0.1, -0.05) is 11.6 Å². The van der Waals surface area contributed by atoms with E-state index >= 15 is 0 Å². The molecule has 0 fully saturated rings. The summed E-state index contributed by atoms with van der Waals surface area (Å²) in [5, 5.41) is 14.0. The number of aliphatic carboxylic acids is 1. The first kappa shape index (κ1) is 16.0. The average molecular weight is 299 g/mol. The molecule has 7 heteroatoms. The van der Waals surface area contributed by atoms with E-state index in [-0.39, 0.29) is 13.0 Å². The number of rotatable bonds is 6. The van der Waals surface area contributed by atoms with Crippen molar-refractivity contribution in [3.05, 3.63) is 34.9 Å². The van der Waals surface area contributed by atoms with Gasteiger partial charge in [0.15, 0.2) is 0 Å². The molecule has 0 heterocycles. The minimum absolute atomic E-state index is 0.170. The molecule has 0 saturated carbocycles. The Labute approximate surface area is 121 Å². The second-order valence-electron chi connectivity index (χ2n) is 4.26. The van der Waals surface area contributed by atoms with Crippen LogP contribution in [-0.4, -0.2) is 35.5 Å². The number of hydrogen-bond acceptors (Lipinski definition) is 3. The fraction of sp³-hybridized carbons (Fsp3) is 0.308. The molecule has 0 radical (unpaired) electrons. The van der Waals surface area contributed by atoms with Crippen molar-refractivity contribution in [2.75, 3.05) is 6.54 Å². The molecule has 1 aromatic rings. The van der Waals surface area contributed by atoms with Crippen molar-refractivity contribution in [2.45, 2.75) is 19.4 Å². The van der Waals surface area contributed by atoms with Crippen LogP contribution in [0.1, 0.15) is 23.7 Å². The Balaban J connectivity index is 2.39. The van der Waals surface area contributed by atoms with E-state index in [2.05, 4.69) is 10.6 Å². The Morgan fingerprint density at radius 1 is 1.25 bits per heavy atom. The smallest absolute Gasteiger partial charge is 0.305 e. The maximum Gasteiger partial charge on any atom is 0.305 e. The molecule has 2 amide bonds. The van der Waals surface area contributed by atoms with E-state index in [9.17, 15) is 14.4 Å². The number of hydrogen-bond donors (Lipinski definition) is 3. The summed E-state index contributed by atoms with van der Waals surface area (Å²) in [5.74, 6) is -1.84. The highest BCUT2D eigenvalue weighted by atomic mass is 35.5. The predicted octanol–water partition coefficient (Wildman–Crippen LogP) is 1.05. The predicted molar refractivity (Wildman–Crippen MR) is 73.6 cm³/mol. The quantitative estimate of drug-likeness (QED) is 0.731. The van der Waals surface area contributed by atoms with E-state index in [4.69, 9.17) is 16.7 Å². The molecule has 0 bridgehead atoms. The number of carboxylic acids is 1. The van der Waals surface area contributed by atoms with Crippen LogP contribution in [0, 0.1) is 0 Å². The molecular weight excluding hydrogens is 284 g/mol. The maximum absolute atomic E-state index is 11.7. The molecule has 0 aliphatic rings. The molecule has 1 aromatic carbocycles. The van der Waals surface area contributed by atoms with Crippen LogP contribution in [0.25, 0.3) is 0 Å². The molecule has 108 valence electrons. The number of carboxylic acid groups (broad SMARTS) is 1. The van der Waals surface area contributed by atoms with Gasteiger partial charge < -0.3 is 15.7 Å². The standard InChI is InChI=1S/C13H15ClN2O4/c1-8(6-12(18)19)16-11(17)7-15-13(20)9-2-4-10(14)5-3-9/h2-5,8H,6-7H2,1H3,(H,15,20)(H,16,17)(H,18,19). The van der Waals surface area contributed by atoms with Crippen LogP contribution in [0.4, 0.5) is 0 Å². The van der Waals surface area contributed by atoms with Crippen molar-refractivity contribution < 1.29 is 19.5 Å². The van der Waals surface area contributed by atoms with Crippen LogP contribution < -0.4 is 10.6 Å². The highest BCUT2D eigenvalue weighted by Crippen LogP contribution is 2.09. The highest BCUT2D eigenvalue weighted by molar-refractivity contribution is 6.30. The molecule has 6 nitrogen and oxygen atoms in total. The zero-order valence-electron chi connectivity index (χ0n) is 10.9. The minimum Gasteiger partial charge on any atom is -0.481 e. The van der Waals surface area contributed by atoms with Gasteiger partial charge in [-0.05, 0) is 31.2 Å². The van der Waals surface area contributed by atoms with Crippen LogP contribution in [0.3, 0.4) is 0 Å². The monoisotopic (exact) mass is 298 g/mol. The molecule has 0 aliphatic carbocycles. The third-order valence-electron chi connectivity index (χ3n) is 2.40. The summed E-state index contributed by atoms with van der Waals surface area (Å²) in [6.07, 6.45) is -0.170. The highest BCUT2D eigenvalue weighted by Gasteiger charge is 2.12. The van der Waals surface area contributed by atoms with Crippen LogP contribution in [0.5, 0.6) is 0 Å². The molecule has 0 saturated heterocycles. The van der Waals surface area contributed by atoms with Gasteiger partial charge in [-0.15, -0.1) is 0 Å². The van der Waals surface area contributed by atoms with Gasteiger partial charge in [0.05, 0.1) is 13.0 Å². The molecule has 1 unspecified atom stereocenters. The van der Waals surface area contributed by atoms with E-state index in [1.807, 2.05) is 0 Å². The summed E-state index contributed by atoms with van der Waals surface area (Å²) in [4.78, 5) is 33.6. The summed E-state index contributed by atoms with van der Waals surface area (Å²) in [5.41, 5.74) is 0.390. The third-order valence-corrected chi connectivity index (χ3v) is 2.66. The van der Waals surface area contributed by atoms with Gasteiger partial charge in [-0.2, -0.15) is 0 Å². The van der Waals surface area contributed by atoms with Crippen molar-refractivity contribution in [3.63, 3.8) is 0 Å². The topological polar surface area (TPSA) is 95.5 Å². The lowest BCUT2D eigenvalue weighted by atomic mass is 10.2. The zero-order valence-corrected chi connectivity index (χ0v) is 11.6. The number of benzene rings is 1. The second-order valence-corrected chi connectivity index (χ2v) is 4.69. The minimum atomic E-state index is -0.997. The van der Waals surface area contributed by atoms with Crippen molar-refractivity contribution in [2.24, 2.45) is 0 Å². The maximum atomic E-state index is 11.7. The van der Waals surface area contributed by atoms with Crippen LogP contribution in [-0.2, 0) is 9.59 Å². The summed E-state index contributed by atoms with van der Waals surface area (Å²) in [7, 11) is 0. The van der Waals surface area contributed by atoms with Gasteiger partial charge in [0, 0.05) is 16.6 Å². The molecule has 1 rings (SSSR count). The number of carbonyl (C=O) groups is 3. The average Bonchev–Trinajstić information content (AvgIpc) is 2.35. The van der Waals surface area contributed by atoms with E-state index in [1.165, 1.54) is 0 Å². The summed E-state index contributed by atoms with van der Waals surface area (Å²) < 4.78 is 0. The van der Waals surface area contributed by atoms with Gasteiger partial charge >= 0.3 is 5.97 Å². The Morgan fingerprint density at radius 2 is 1.85 bits per heavy atom. The van der Waals surface area contributed by atoms with Crippen molar-refractivity contribution in [3.8, 4) is 0 Å². The van der Waals surface area contributed by atoms with E-state index in [1.54, 1.807) is 31.2 Å². The Bertz CT molecular complexity index is 502. The van der Waals surface area contributed by atoms with Crippen LogP contribution >= 0.6 is 11.6 Å². The first-order valence-electron chi connectivity index (χ1n) is 5.93. The Hall–Kier alpha value is -2.08. The van der Waals surface area contributed by atoms with Crippen molar-refractivity contribution in [1.29, 1.82) is 0 Å². The third kappa shape index (κ3) is 5.71. The van der Waals surface area contributed by atoms with Crippen LogP contribution in [0.15, 0.2) is 24.3 Å². The van der Waals surface area contributed by atoms with E-state index < -0.39 is 23.8 Å². The molecule has 0 aliphatic heterocycles. The van der Waals surface area contributed by atoms with E-state index in [0.717, 1.165) is 0 Å². The largest absolute Gasteiger partial charge is 0.481 e. The summed E-state index contributed by atoms with van der Waals surface area (Å²) in [6, 6.07) is 5.75. The number of carbonyl (C=O) groups excluding carboxylic acids is 2. The lowest BCUT2D eigenvalue weighted by Gasteiger charge is -2.12. The number of amides is 2. The van der Waals surface area contributed by atoms with Crippen molar-refractivity contribution >= 4 is 29.4 Å². The summed E-state index contributed by atoms with van der Waals surface area (Å²) in [6.45, 7) is 1.36. The fourth-order valence-corrected chi connectivity index (χ4v) is 1.63. The first-order chi connectivity index (χ1) is 9.38. The second kappa shape index (κ2) is 7.49. The lowest BCUT2D eigenvalue weighted by molar-refractivity contribution is -0.137. The van der Waals surface area contributed by atoms with Crippen LogP contribution in [0.2, 0.25) is 5.02 Å². The normalized spacial score (nSPS) is 11.5. The molecule has 1 atom stereocenters. The van der Waals surface area contributed by atoms with Gasteiger partial charge in [-0.25, -0.2) is 0 Å². The summed E-state index contributed by atoms with van der Waals surface area (Å²) >= 11 is 5.70. The van der Waals surface area contributed by atoms with Gasteiger partial charge in [0.25, 0.3) is 5.91 Å². The first-order valence-corrected chi connectivity index (χ1v) is 6.31. The molecule has 0 spiro atoms. The zero-order chi connectivity index (χ0) is 15.1. The Kier molecular flexibility index (Phi) is 5.99. The number of halogens is 1. The van der Waals surface area contributed by atoms with Crippen molar-refractivity contribution in [1.82, 2.24) is 10.6 Å². The molecule has 0 aromatic heterocycles. The molecule has 3 N–H and O–H groups in total. The molecular formula is C13H15ClN2O4. The van der Waals surface area contributed by atoms with Gasteiger partial charge in [-0.3, -0.25) is 14.4 Å². The molecule has 20 heavy (non-hydrogen) atoms. The Morgan fingerprint density at radius 3 is 2.40 bits per heavy atom. The fourth-order valence-electron chi connectivity index (χ4n) is 1.50. The van der Waals surface area contributed by atoms with Gasteiger partial charge in [0.2, 0.25) is 5.91 Å². The lowest BCUT2D eigenvalue weighted by Crippen LogP contribution is -2.41. The number of nitrogens with one attached hydrogen (secondary N) is 2.